The number of hydrogen-bond donors (Lipinski definition) is 1. The van der Waals surface area contributed by atoms with E-state index in [2.05, 4.69) is 4.99 Å². The smallest absolute Gasteiger partial charge is 0.304 e. The summed E-state index contributed by atoms with van der Waals surface area (Å²) in [5, 5.41) is 8.52. The van der Waals surface area contributed by atoms with Crippen molar-refractivity contribution in [1.82, 2.24) is 0 Å². The fraction of sp³-hybridized carbons (Fsp3) is 0.714. The van der Waals surface area contributed by atoms with Crippen LogP contribution in [-0.4, -0.2) is 37.2 Å². The van der Waals surface area contributed by atoms with Gasteiger partial charge in [0, 0.05) is 11.5 Å². The van der Waals surface area contributed by atoms with Crippen LogP contribution in [0.15, 0.2) is 4.99 Å². The molecule has 1 N–H and O–H groups in total. The molecule has 1 aliphatic rings. The Bertz CT molecular complexity index is 277. The molecule has 0 radical (unpaired) electrons. The lowest BCUT2D eigenvalue weighted by molar-refractivity contribution is -0.137. The summed E-state index contributed by atoms with van der Waals surface area (Å²) in [7, 11) is -1.08. The maximum atomic E-state index is 11.0. The average molecular weight is 221 g/mol. The Balaban J connectivity index is 2.59. The first-order valence-corrected chi connectivity index (χ1v) is 6.24. The van der Waals surface area contributed by atoms with Gasteiger partial charge in [-0.05, 0) is 6.92 Å². The van der Waals surface area contributed by atoms with Crippen LogP contribution in [0.4, 0.5) is 0 Å². The predicted octanol–water partition coefficient (Wildman–Crippen LogP) is 0.700. The second kappa shape index (κ2) is 4.23. The Morgan fingerprint density at radius 1 is 1.77 bits per heavy atom. The summed E-state index contributed by atoms with van der Waals surface area (Å²) in [6, 6.07) is -0.0417. The minimum Gasteiger partial charge on any atom is -0.481 e. The van der Waals surface area contributed by atoms with Crippen molar-refractivity contribution >= 4 is 32.9 Å². The fourth-order valence-corrected chi connectivity index (χ4v) is 3.23. The molecule has 6 heteroatoms. The standard InChI is InChI=1S/C7H11NO3S2/c1-4-5(3-6(9)10)12-7(8-4)13(2)11/h4-5H,3H2,1-2H3,(H,9,10). The van der Waals surface area contributed by atoms with Crippen LogP contribution in [0, 0.1) is 0 Å². The van der Waals surface area contributed by atoms with Gasteiger partial charge in [0.15, 0.2) is 4.38 Å². The van der Waals surface area contributed by atoms with Gasteiger partial charge in [0.25, 0.3) is 0 Å². The zero-order valence-electron chi connectivity index (χ0n) is 7.39. The number of carbonyl (C=O) groups is 1. The van der Waals surface area contributed by atoms with E-state index in [-0.39, 0.29) is 17.7 Å². The van der Waals surface area contributed by atoms with E-state index in [1.54, 1.807) is 6.26 Å². The first-order chi connectivity index (χ1) is 6.00. The zero-order chi connectivity index (χ0) is 10.0. The number of aliphatic carboxylic acids is 1. The molecule has 0 amide bonds. The number of nitrogens with zero attached hydrogens (tertiary/aromatic N) is 1. The highest BCUT2D eigenvalue weighted by atomic mass is 32.2. The third-order valence-electron chi connectivity index (χ3n) is 1.72. The summed E-state index contributed by atoms with van der Waals surface area (Å²) >= 11 is 1.32. The largest absolute Gasteiger partial charge is 0.481 e. The SMILES string of the molecule is CC1N=C(S(C)=O)SC1CC(=O)O. The Morgan fingerprint density at radius 2 is 2.38 bits per heavy atom. The molecule has 0 fully saturated rings. The molecule has 1 heterocycles. The summed E-state index contributed by atoms with van der Waals surface area (Å²) in [6.07, 6.45) is 1.64. The van der Waals surface area contributed by atoms with Crippen LogP contribution < -0.4 is 0 Å². The molecule has 0 saturated carbocycles. The molecule has 0 aromatic heterocycles. The lowest BCUT2D eigenvalue weighted by atomic mass is 10.2. The molecule has 3 atom stereocenters. The van der Waals surface area contributed by atoms with Crippen molar-refractivity contribution < 1.29 is 14.1 Å². The van der Waals surface area contributed by atoms with Gasteiger partial charge in [-0.25, -0.2) is 0 Å². The van der Waals surface area contributed by atoms with E-state index in [9.17, 15) is 9.00 Å². The molecule has 1 aliphatic heterocycles. The van der Waals surface area contributed by atoms with Crippen LogP contribution in [0.5, 0.6) is 0 Å². The Morgan fingerprint density at radius 3 is 2.77 bits per heavy atom. The van der Waals surface area contributed by atoms with E-state index in [0.29, 0.717) is 4.38 Å². The summed E-state index contributed by atoms with van der Waals surface area (Å²) in [4.78, 5) is 14.6. The predicted molar refractivity (Wildman–Crippen MR) is 54.6 cm³/mol. The molecule has 0 aromatic carbocycles. The minimum atomic E-state index is -1.08. The third kappa shape index (κ3) is 2.80. The second-order valence-corrected chi connectivity index (χ2v) is 5.63. The summed E-state index contributed by atoms with van der Waals surface area (Å²) in [5.41, 5.74) is 0. The highest BCUT2D eigenvalue weighted by molar-refractivity contribution is 8.33. The van der Waals surface area contributed by atoms with E-state index in [0.717, 1.165) is 0 Å². The molecule has 3 unspecified atom stereocenters. The molecular formula is C7H11NO3S2. The normalized spacial score (nSPS) is 29.8. The maximum Gasteiger partial charge on any atom is 0.304 e. The van der Waals surface area contributed by atoms with Crippen LogP contribution >= 0.6 is 11.8 Å². The highest BCUT2D eigenvalue weighted by Crippen LogP contribution is 2.30. The number of hydrogen-bond acceptors (Lipinski definition) is 4. The van der Waals surface area contributed by atoms with Gasteiger partial charge in [0.2, 0.25) is 0 Å². The van der Waals surface area contributed by atoms with Crippen LogP contribution in [0.3, 0.4) is 0 Å². The number of aliphatic imine (C=N–C) groups is 1. The monoisotopic (exact) mass is 221 g/mol. The number of thioether (sulfide) groups is 1. The van der Waals surface area contributed by atoms with E-state index < -0.39 is 16.8 Å². The van der Waals surface area contributed by atoms with Crippen molar-refractivity contribution in [2.75, 3.05) is 6.26 Å². The zero-order valence-corrected chi connectivity index (χ0v) is 9.02. The number of carboxylic acid groups (broad SMARTS) is 1. The summed E-state index contributed by atoms with van der Waals surface area (Å²) < 4.78 is 11.6. The van der Waals surface area contributed by atoms with Crippen LogP contribution in [0.2, 0.25) is 0 Å². The van der Waals surface area contributed by atoms with Crippen molar-refractivity contribution in [1.29, 1.82) is 0 Å². The van der Waals surface area contributed by atoms with Crippen molar-refractivity contribution in [2.45, 2.75) is 24.6 Å². The topological polar surface area (TPSA) is 66.7 Å². The molecule has 13 heavy (non-hydrogen) atoms. The van der Waals surface area contributed by atoms with E-state index in [4.69, 9.17) is 5.11 Å². The van der Waals surface area contributed by atoms with Gasteiger partial charge in [-0.15, -0.1) is 0 Å². The average Bonchev–Trinajstić information content (AvgIpc) is 2.31. The third-order valence-corrected chi connectivity index (χ3v) is 4.48. The van der Waals surface area contributed by atoms with Crippen molar-refractivity contribution in [3.63, 3.8) is 0 Å². The van der Waals surface area contributed by atoms with Crippen LogP contribution in [0.25, 0.3) is 0 Å². The lowest BCUT2D eigenvalue weighted by Gasteiger charge is -2.08. The second-order valence-electron chi connectivity index (χ2n) is 2.84. The van der Waals surface area contributed by atoms with Crippen molar-refractivity contribution in [2.24, 2.45) is 4.99 Å². The van der Waals surface area contributed by atoms with Gasteiger partial charge < -0.3 is 5.11 Å². The molecule has 0 bridgehead atoms. The Hall–Kier alpha value is -0.360. The van der Waals surface area contributed by atoms with Crippen molar-refractivity contribution in [3.05, 3.63) is 0 Å². The minimum absolute atomic E-state index is 0.0417. The van der Waals surface area contributed by atoms with Gasteiger partial charge >= 0.3 is 5.97 Å². The van der Waals surface area contributed by atoms with Gasteiger partial charge in [0.1, 0.15) is 0 Å². The summed E-state index contributed by atoms with van der Waals surface area (Å²) in [5.74, 6) is -0.831. The molecule has 0 aliphatic carbocycles. The van der Waals surface area contributed by atoms with E-state index in [1.165, 1.54) is 11.8 Å². The molecule has 0 aromatic rings. The highest BCUT2D eigenvalue weighted by Gasteiger charge is 2.30. The Labute approximate surface area is 83.3 Å². The number of carboxylic acids is 1. The van der Waals surface area contributed by atoms with Crippen LogP contribution in [0.1, 0.15) is 13.3 Å². The molecule has 74 valence electrons. The van der Waals surface area contributed by atoms with Crippen LogP contribution in [-0.2, 0) is 15.6 Å². The quantitative estimate of drug-likeness (QED) is 0.745. The molecule has 1 rings (SSSR count). The molecule has 0 spiro atoms. The van der Waals surface area contributed by atoms with Gasteiger partial charge in [-0.2, -0.15) is 0 Å². The van der Waals surface area contributed by atoms with Gasteiger partial charge in [-0.3, -0.25) is 14.0 Å². The Kier molecular flexibility index (Phi) is 3.49. The van der Waals surface area contributed by atoms with E-state index >= 15 is 0 Å². The van der Waals surface area contributed by atoms with Gasteiger partial charge in [0.05, 0.1) is 23.3 Å². The van der Waals surface area contributed by atoms with Gasteiger partial charge in [-0.1, -0.05) is 11.8 Å². The summed E-state index contributed by atoms with van der Waals surface area (Å²) in [6.45, 7) is 1.85. The number of rotatable bonds is 2. The lowest BCUT2D eigenvalue weighted by Crippen LogP contribution is -2.17. The molecule has 0 saturated heterocycles. The van der Waals surface area contributed by atoms with E-state index in [1.807, 2.05) is 6.92 Å². The first kappa shape index (κ1) is 10.7. The maximum absolute atomic E-state index is 11.0. The molecule has 4 nitrogen and oxygen atoms in total. The fourth-order valence-electron chi connectivity index (χ4n) is 1.03. The molecular weight excluding hydrogens is 210 g/mol. The first-order valence-electron chi connectivity index (χ1n) is 3.80. The van der Waals surface area contributed by atoms with Crippen molar-refractivity contribution in [3.8, 4) is 0 Å².